The summed E-state index contributed by atoms with van der Waals surface area (Å²) in [4.78, 5) is 45.4. The number of H-pyrrole nitrogens is 1. The van der Waals surface area contributed by atoms with Gasteiger partial charge in [-0.25, -0.2) is 15.0 Å². The van der Waals surface area contributed by atoms with E-state index in [1.165, 1.54) is 17.1 Å². The van der Waals surface area contributed by atoms with Crippen molar-refractivity contribution in [2.24, 2.45) is 0 Å². The molecule has 2 aliphatic rings. The average Bonchev–Trinajstić information content (AvgIpc) is 3.67. The van der Waals surface area contributed by atoms with Crippen molar-refractivity contribution in [3.8, 4) is 0 Å². The molecule has 20 nitrogen and oxygen atoms in total. The van der Waals surface area contributed by atoms with Crippen molar-refractivity contribution in [3.05, 3.63) is 29.2 Å². The van der Waals surface area contributed by atoms with Crippen LogP contribution in [-0.2, 0) is 18.6 Å². The monoisotopic (exact) mass is 596 g/mol. The first-order valence-electron chi connectivity index (χ1n) is 12.1. The molecule has 2 aliphatic heterocycles. The molecule has 6 heterocycles. The number of hydrogen-bond donors (Lipinski definition) is 8. The maximum absolute atomic E-state index is 13.6. The van der Waals surface area contributed by atoms with Gasteiger partial charge >= 0.3 is 7.60 Å². The van der Waals surface area contributed by atoms with Crippen molar-refractivity contribution in [2.75, 3.05) is 24.7 Å². The summed E-state index contributed by atoms with van der Waals surface area (Å²) in [6.07, 6.45) is -6.35. The van der Waals surface area contributed by atoms with Gasteiger partial charge in [-0.05, 0) is 0 Å². The number of ether oxygens (including phenoxy) is 2. The van der Waals surface area contributed by atoms with Gasteiger partial charge in [0, 0.05) is 0 Å². The summed E-state index contributed by atoms with van der Waals surface area (Å²) in [6, 6.07) is 0. The molecule has 4 aromatic rings. The molecular weight excluding hydrogens is 571 g/mol. The number of fused-ring (bicyclic) bond motifs is 2. The molecule has 9 atom stereocenters. The predicted molar refractivity (Wildman–Crippen MR) is 135 cm³/mol. The lowest BCUT2D eigenvalue weighted by molar-refractivity contribution is -0.0496. The molecule has 41 heavy (non-hydrogen) atoms. The molecule has 0 saturated carbocycles. The van der Waals surface area contributed by atoms with Gasteiger partial charge in [0.25, 0.3) is 5.56 Å². The average molecular weight is 596 g/mol. The highest BCUT2D eigenvalue weighted by molar-refractivity contribution is 7.53. The van der Waals surface area contributed by atoms with Crippen molar-refractivity contribution in [2.45, 2.75) is 48.6 Å². The Morgan fingerprint density at radius 1 is 0.976 bits per heavy atom. The van der Waals surface area contributed by atoms with Crippen LogP contribution in [0.15, 0.2) is 23.6 Å². The standard InChI is InChI=1S/C20H25N10O10P/c21-19-23-1-6-14(26-19)29(4-24-6)17-12(34)10(32)8(40-17)3-38-41(36,37)13-11(33)7(2-31)39-18(13)30-5-25-9-15(30)27-20(22)28-16(9)35/h1,4-5,7-8,10-13,17-18,31-34H,2-3H2,(H,36,37)(H2,21,23,26)(H3,22,27,28,35)/t7-,8-,10-,11-,12-,13-,17-,18-/m1/s1. The third kappa shape index (κ3) is 4.54. The first-order valence-corrected chi connectivity index (χ1v) is 13.7. The molecule has 2 saturated heterocycles. The van der Waals surface area contributed by atoms with Crippen LogP contribution >= 0.6 is 7.60 Å². The summed E-state index contributed by atoms with van der Waals surface area (Å²) < 4.78 is 32.7. The molecule has 0 amide bonds. The second-order valence-corrected chi connectivity index (χ2v) is 11.5. The maximum atomic E-state index is 13.6. The zero-order valence-electron chi connectivity index (χ0n) is 20.8. The van der Waals surface area contributed by atoms with Crippen molar-refractivity contribution in [3.63, 3.8) is 0 Å². The van der Waals surface area contributed by atoms with E-state index in [1.54, 1.807) is 0 Å². The van der Waals surface area contributed by atoms with Gasteiger partial charge in [-0.3, -0.25) is 23.5 Å². The van der Waals surface area contributed by atoms with E-state index in [1.807, 2.05) is 0 Å². The number of aliphatic hydroxyl groups is 4. The second-order valence-electron chi connectivity index (χ2n) is 9.50. The molecular formula is C20H25N10O10P. The molecule has 0 bridgehead atoms. The Balaban J connectivity index is 1.25. The maximum Gasteiger partial charge on any atom is 0.338 e. The molecule has 0 aliphatic carbocycles. The molecule has 10 N–H and O–H groups in total. The lowest BCUT2D eigenvalue weighted by Crippen LogP contribution is -2.36. The minimum Gasteiger partial charge on any atom is -0.394 e. The van der Waals surface area contributed by atoms with Gasteiger partial charge < -0.3 is 50.8 Å². The van der Waals surface area contributed by atoms with Crippen LogP contribution in [0, 0.1) is 0 Å². The molecule has 220 valence electrons. The Hall–Kier alpha value is -3.59. The highest BCUT2D eigenvalue weighted by Crippen LogP contribution is 2.57. The van der Waals surface area contributed by atoms with Gasteiger partial charge in [0.2, 0.25) is 11.9 Å². The Labute approximate surface area is 227 Å². The smallest absolute Gasteiger partial charge is 0.338 e. The fraction of sp³-hybridized carbons (Fsp3) is 0.500. The van der Waals surface area contributed by atoms with Crippen LogP contribution in [0.3, 0.4) is 0 Å². The summed E-state index contributed by atoms with van der Waals surface area (Å²) in [6.45, 7) is -1.43. The molecule has 0 spiro atoms. The molecule has 0 radical (unpaired) electrons. The highest BCUT2D eigenvalue weighted by Gasteiger charge is 2.55. The second kappa shape index (κ2) is 10.0. The summed E-state index contributed by atoms with van der Waals surface area (Å²) >= 11 is 0. The minimum absolute atomic E-state index is 0.0605. The molecule has 21 heteroatoms. The van der Waals surface area contributed by atoms with Gasteiger partial charge in [0.15, 0.2) is 29.3 Å². The van der Waals surface area contributed by atoms with Crippen molar-refractivity contribution < 1.29 is 43.9 Å². The number of imidazole rings is 2. The van der Waals surface area contributed by atoms with E-state index in [-0.39, 0.29) is 28.7 Å². The van der Waals surface area contributed by atoms with Gasteiger partial charge in [0.05, 0.1) is 32.1 Å². The summed E-state index contributed by atoms with van der Waals surface area (Å²) in [5.74, 6) is -0.323. The molecule has 4 aromatic heterocycles. The fourth-order valence-corrected chi connectivity index (χ4v) is 6.63. The quantitative estimate of drug-likeness (QED) is 0.0962. The number of rotatable bonds is 7. The number of nitrogens with zero attached hydrogens (tertiary/aromatic N) is 7. The number of nitrogens with two attached hydrogens (primary N) is 2. The van der Waals surface area contributed by atoms with Crippen LogP contribution in [0.5, 0.6) is 0 Å². The Morgan fingerprint density at radius 2 is 1.68 bits per heavy atom. The number of aromatic nitrogens is 8. The third-order valence-corrected chi connectivity index (χ3v) is 8.82. The fourth-order valence-electron chi connectivity index (χ4n) is 4.98. The van der Waals surface area contributed by atoms with E-state index in [9.17, 15) is 34.7 Å². The minimum atomic E-state index is -4.88. The number of anilines is 2. The van der Waals surface area contributed by atoms with Crippen molar-refractivity contribution >= 4 is 41.8 Å². The molecule has 1 unspecified atom stereocenters. The number of aromatic amines is 1. The van der Waals surface area contributed by atoms with Gasteiger partial charge in [-0.1, -0.05) is 0 Å². The SMILES string of the molecule is Nc1ncc2ncn([C@@H]3O[C@H](COP(=O)(O)[C@@H]4[C@H](O)[C@@H](CO)O[C@H]4n4cnc5c(=O)[nH]c(N)nc54)[C@@H](O)[C@H]3O)c2n1. The normalized spacial score (nSPS) is 31.7. The van der Waals surface area contributed by atoms with Crippen LogP contribution in [0.4, 0.5) is 11.9 Å². The highest BCUT2D eigenvalue weighted by atomic mass is 31.2. The molecule has 0 aromatic carbocycles. The van der Waals surface area contributed by atoms with E-state index in [4.69, 9.17) is 25.5 Å². The van der Waals surface area contributed by atoms with Crippen LogP contribution in [0.25, 0.3) is 22.3 Å². The topological polar surface area (TPSA) is 305 Å². The summed E-state index contributed by atoms with van der Waals surface area (Å²) in [7, 11) is -4.88. The molecule has 6 rings (SSSR count). The summed E-state index contributed by atoms with van der Waals surface area (Å²) in [5.41, 5.74) is 9.19. The van der Waals surface area contributed by atoms with E-state index in [2.05, 4.69) is 29.9 Å². The summed E-state index contributed by atoms with van der Waals surface area (Å²) in [5, 5.41) is 41.8. The Kier molecular flexibility index (Phi) is 6.76. The largest absolute Gasteiger partial charge is 0.394 e. The number of aliphatic hydroxyl groups excluding tert-OH is 4. The van der Waals surface area contributed by atoms with E-state index in [0.29, 0.717) is 5.52 Å². The van der Waals surface area contributed by atoms with Crippen LogP contribution in [-0.4, -0.2) is 114 Å². The van der Waals surface area contributed by atoms with E-state index >= 15 is 0 Å². The number of nitrogen functional groups attached to an aromatic ring is 2. The van der Waals surface area contributed by atoms with Crippen LogP contribution in [0.2, 0.25) is 0 Å². The lowest BCUT2D eigenvalue weighted by Gasteiger charge is -2.27. The first-order chi connectivity index (χ1) is 19.5. The number of hydrogen-bond acceptors (Lipinski definition) is 16. The van der Waals surface area contributed by atoms with Gasteiger partial charge in [0.1, 0.15) is 41.7 Å². The number of nitrogens with one attached hydrogen (secondary N) is 1. The predicted octanol–water partition coefficient (Wildman–Crippen LogP) is -3.44. The van der Waals surface area contributed by atoms with Gasteiger partial charge in [-0.2, -0.15) is 9.97 Å². The van der Waals surface area contributed by atoms with Crippen molar-refractivity contribution in [1.82, 2.24) is 39.0 Å². The van der Waals surface area contributed by atoms with E-state index < -0.39 is 75.0 Å². The Morgan fingerprint density at radius 3 is 2.44 bits per heavy atom. The zero-order valence-corrected chi connectivity index (χ0v) is 21.7. The van der Waals surface area contributed by atoms with Gasteiger partial charge in [-0.15, -0.1) is 0 Å². The zero-order chi connectivity index (χ0) is 29.2. The van der Waals surface area contributed by atoms with Crippen LogP contribution < -0.4 is 17.0 Å². The van der Waals surface area contributed by atoms with Crippen LogP contribution in [0.1, 0.15) is 12.5 Å². The Bertz CT molecular complexity index is 1710. The first kappa shape index (κ1) is 27.6. The van der Waals surface area contributed by atoms with E-state index in [0.717, 1.165) is 10.9 Å². The lowest BCUT2D eigenvalue weighted by atomic mass is 10.1. The molecule has 2 fully saturated rings. The van der Waals surface area contributed by atoms with Crippen molar-refractivity contribution in [1.29, 1.82) is 0 Å². The third-order valence-electron chi connectivity index (χ3n) is 6.99.